The zero-order valence-electron chi connectivity index (χ0n) is 10.6. The van der Waals surface area contributed by atoms with Gasteiger partial charge in [0.1, 0.15) is 5.75 Å². The summed E-state index contributed by atoms with van der Waals surface area (Å²) < 4.78 is 7.40. The lowest BCUT2D eigenvalue weighted by molar-refractivity contribution is 0.414. The molecule has 0 fully saturated rings. The van der Waals surface area contributed by atoms with Crippen molar-refractivity contribution in [3.8, 4) is 11.4 Å². The minimum Gasteiger partial charge on any atom is -0.497 e. The van der Waals surface area contributed by atoms with E-state index < -0.39 is 0 Å². The first kappa shape index (κ1) is 10.9. The molecule has 0 N–H and O–H groups in total. The highest BCUT2D eigenvalue weighted by Gasteiger charge is 2.06. The van der Waals surface area contributed by atoms with E-state index in [1.807, 2.05) is 12.1 Å². The van der Waals surface area contributed by atoms with Crippen molar-refractivity contribution < 1.29 is 4.74 Å². The van der Waals surface area contributed by atoms with Crippen molar-refractivity contribution >= 4 is 10.8 Å². The van der Waals surface area contributed by atoms with Crippen molar-refractivity contribution in [1.82, 2.24) is 4.57 Å². The molecule has 90 valence electrons. The second kappa shape index (κ2) is 4.22. The van der Waals surface area contributed by atoms with Gasteiger partial charge in [0.25, 0.3) is 0 Å². The maximum Gasteiger partial charge on any atom is 0.119 e. The van der Waals surface area contributed by atoms with Crippen LogP contribution in [0, 0.1) is 6.92 Å². The molecule has 1 aromatic heterocycles. The van der Waals surface area contributed by atoms with E-state index in [1.54, 1.807) is 7.11 Å². The number of aromatic nitrogens is 1. The second-order valence-corrected chi connectivity index (χ2v) is 4.37. The van der Waals surface area contributed by atoms with Gasteiger partial charge in [-0.3, -0.25) is 0 Å². The SMILES string of the molecule is COc1ccc(-n2cc3ccccc3c2C)cc1. The number of rotatable bonds is 2. The smallest absolute Gasteiger partial charge is 0.119 e. The van der Waals surface area contributed by atoms with Gasteiger partial charge in [-0.15, -0.1) is 0 Å². The molecule has 0 saturated heterocycles. The highest BCUT2D eigenvalue weighted by atomic mass is 16.5. The third-order valence-corrected chi connectivity index (χ3v) is 3.33. The molecule has 3 aromatic rings. The minimum atomic E-state index is 0.883. The summed E-state index contributed by atoms with van der Waals surface area (Å²) in [6, 6.07) is 16.6. The molecule has 1 heterocycles. The summed E-state index contributed by atoms with van der Waals surface area (Å²) in [6.45, 7) is 2.15. The normalized spacial score (nSPS) is 10.8. The van der Waals surface area contributed by atoms with E-state index in [9.17, 15) is 0 Å². The van der Waals surface area contributed by atoms with E-state index in [2.05, 4.69) is 54.1 Å². The quantitative estimate of drug-likeness (QED) is 0.658. The van der Waals surface area contributed by atoms with Gasteiger partial charge in [-0.05, 0) is 31.2 Å². The number of hydrogen-bond acceptors (Lipinski definition) is 1. The van der Waals surface area contributed by atoms with Gasteiger partial charge < -0.3 is 9.30 Å². The summed E-state index contributed by atoms with van der Waals surface area (Å²) in [5, 5.41) is 2.57. The van der Waals surface area contributed by atoms with Gasteiger partial charge in [-0.25, -0.2) is 0 Å². The number of benzene rings is 2. The molecule has 0 aliphatic carbocycles. The Balaban J connectivity index is 2.15. The zero-order valence-corrected chi connectivity index (χ0v) is 10.6. The maximum absolute atomic E-state index is 5.18. The van der Waals surface area contributed by atoms with Crippen molar-refractivity contribution in [2.24, 2.45) is 0 Å². The highest BCUT2D eigenvalue weighted by molar-refractivity contribution is 5.86. The Morgan fingerprint density at radius 2 is 1.67 bits per heavy atom. The third kappa shape index (κ3) is 1.66. The molecule has 3 rings (SSSR count). The van der Waals surface area contributed by atoms with Crippen molar-refractivity contribution in [2.45, 2.75) is 6.92 Å². The van der Waals surface area contributed by atoms with E-state index in [0.717, 1.165) is 11.4 Å². The van der Waals surface area contributed by atoms with E-state index in [0.29, 0.717) is 0 Å². The summed E-state index contributed by atoms with van der Waals surface area (Å²) in [6.07, 6.45) is 2.17. The molecule has 0 radical (unpaired) electrons. The third-order valence-electron chi connectivity index (χ3n) is 3.33. The van der Waals surface area contributed by atoms with Crippen LogP contribution in [-0.2, 0) is 0 Å². The fourth-order valence-corrected chi connectivity index (χ4v) is 2.32. The number of aryl methyl sites for hydroxylation is 1. The molecular weight excluding hydrogens is 222 g/mol. The summed E-state index contributed by atoms with van der Waals surface area (Å²) in [4.78, 5) is 0. The highest BCUT2D eigenvalue weighted by Crippen LogP contribution is 2.24. The van der Waals surface area contributed by atoms with Crippen molar-refractivity contribution in [2.75, 3.05) is 7.11 Å². The molecule has 0 amide bonds. The number of methoxy groups -OCH3 is 1. The number of fused-ring (bicyclic) bond motifs is 1. The molecule has 2 aromatic carbocycles. The Bertz CT molecular complexity index is 680. The molecule has 0 spiro atoms. The number of ether oxygens (including phenoxy) is 1. The monoisotopic (exact) mass is 237 g/mol. The van der Waals surface area contributed by atoms with Gasteiger partial charge in [0, 0.05) is 28.4 Å². The molecule has 0 unspecified atom stereocenters. The van der Waals surface area contributed by atoms with Crippen LogP contribution < -0.4 is 4.74 Å². The lowest BCUT2D eigenvalue weighted by Gasteiger charge is -2.07. The van der Waals surface area contributed by atoms with Gasteiger partial charge in [-0.2, -0.15) is 0 Å². The van der Waals surface area contributed by atoms with Crippen LogP contribution >= 0.6 is 0 Å². The number of nitrogens with zero attached hydrogens (tertiary/aromatic N) is 1. The van der Waals surface area contributed by atoms with E-state index in [-0.39, 0.29) is 0 Å². The van der Waals surface area contributed by atoms with E-state index in [4.69, 9.17) is 4.74 Å². The van der Waals surface area contributed by atoms with Crippen molar-refractivity contribution in [1.29, 1.82) is 0 Å². The molecule has 0 aliphatic rings. The van der Waals surface area contributed by atoms with Crippen LogP contribution in [0.4, 0.5) is 0 Å². The van der Waals surface area contributed by atoms with Gasteiger partial charge in [0.2, 0.25) is 0 Å². The van der Waals surface area contributed by atoms with Crippen LogP contribution in [0.1, 0.15) is 5.69 Å². The lowest BCUT2D eigenvalue weighted by atomic mass is 10.2. The fraction of sp³-hybridized carbons (Fsp3) is 0.125. The minimum absolute atomic E-state index is 0.883. The summed E-state index contributed by atoms with van der Waals surface area (Å²) in [5.74, 6) is 0.883. The van der Waals surface area contributed by atoms with Crippen LogP contribution in [0.15, 0.2) is 54.7 Å². The Morgan fingerprint density at radius 1 is 0.944 bits per heavy atom. The predicted octanol–water partition coefficient (Wildman–Crippen LogP) is 3.95. The zero-order chi connectivity index (χ0) is 12.5. The van der Waals surface area contributed by atoms with Crippen LogP contribution in [0.2, 0.25) is 0 Å². The first-order valence-electron chi connectivity index (χ1n) is 6.01. The molecule has 2 nitrogen and oxygen atoms in total. The first-order valence-corrected chi connectivity index (χ1v) is 6.01. The molecular formula is C16H15NO. The Hall–Kier alpha value is -2.22. The molecule has 18 heavy (non-hydrogen) atoms. The second-order valence-electron chi connectivity index (χ2n) is 4.37. The van der Waals surface area contributed by atoms with Gasteiger partial charge in [-0.1, -0.05) is 24.3 Å². The van der Waals surface area contributed by atoms with Gasteiger partial charge >= 0.3 is 0 Å². The molecule has 0 bridgehead atoms. The average molecular weight is 237 g/mol. The van der Waals surface area contributed by atoms with Crippen molar-refractivity contribution in [3.63, 3.8) is 0 Å². The van der Waals surface area contributed by atoms with Gasteiger partial charge in [0.05, 0.1) is 7.11 Å². The number of hydrogen-bond donors (Lipinski definition) is 0. The summed E-state index contributed by atoms with van der Waals surface area (Å²) in [7, 11) is 1.68. The average Bonchev–Trinajstić information content (AvgIpc) is 2.77. The van der Waals surface area contributed by atoms with Gasteiger partial charge in [0.15, 0.2) is 0 Å². The largest absolute Gasteiger partial charge is 0.497 e. The Morgan fingerprint density at radius 3 is 2.33 bits per heavy atom. The van der Waals surface area contributed by atoms with Crippen LogP contribution in [0.25, 0.3) is 16.5 Å². The summed E-state index contributed by atoms with van der Waals surface area (Å²) in [5.41, 5.74) is 2.42. The molecule has 0 aliphatic heterocycles. The van der Waals surface area contributed by atoms with Crippen LogP contribution in [-0.4, -0.2) is 11.7 Å². The Kier molecular flexibility index (Phi) is 2.56. The van der Waals surface area contributed by atoms with E-state index >= 15 is 0 Å². The van der Waals surface area contributed by atoms with Crippen molar-refractivity contribution in [3.05, 3.63) is 60.4 Å². The van der Waals surface area contributed by atoms with Crippen LogP contribution in [0.3, 0.4) is 0 Å². The molecule has 0 atom stereocenters. The van der Waals surface area contributed by atoms with Crippen LogP contribution in [0.5, 0.6) is 5.75 Å². The summed E-state index contributed by atoms with van der Waals surface area (Å²) >= 11 is 0. The molecule has 0 saturated carbocycles. The topological polar surface area (TPSA) is 14.2 Å². The van der Waals surface area contributed by atoms with E-state index in [1.165, 1.54) is 16.5 Å². The molecule has 2 heteroatoms. The standard InChI is InChI=1S/C16H15NO/c1-12-16-6-4-3-5-13(16)11-17(12)14-7-9-15(18-2)10-8-14/h3-11H,1-2H3. The first-order chi connectivity index (χ1) is 8.79. The Labute approximate surface area is 106 Å². The maximum atomic E-state index is 5.18. The predicted molar refractivity (Wildman–Crippen MR) is 74.6 cm³/mol. The lowest BCUT2D eigenvalue weighted by Crippen LogP contribution is -1.94. The fourth-order valence-electron chi connectivity index (χ4n) is 2.32.